The van der Waals surface area contributed by atoms with Crippen molar-refractivity contribution in [2.75, 3.05) is 0 Å². The lowest BCUT2D eigenvalue weighted by molar-refractivity contribution is 1.75. The van der Waals surface area contributed by atoms with Crippen LogP contribution in [0.15, 0.2) is 95.5 Å². The maximum atomic E-state index is 3.85. The minimum atomic E-state index is 1.15. The van der Waals surface area contributed by atoms with Gasteiger partial charge in [-0.25, -0.2) is 0 Å². The van der Waals surface area contributed by atoms with Crippen LogP contribution in [0.5, 0.6) is 0 Å². The number of hydrogen-bond acceptors (Lipinski definition) is 0. The molecule has 0 atom stereocenters. The van der Waals surface area contributed by atoms with E-state index in [-0.39, 0.29) is 0 Å². The first-order chi connectivity index (χ1) is 13.3. The van der Waals surface area contributed by atoms with Crippen molar-refractivity contribution in [3.63, 3.8) is 0 Å². The molecule has 0 radical (unpaired) electrons. The molecule has 0 amide bonds. The van der Waals surface area contributed by atoms with Crippen LogP contribution in [0.1, 0.15) is 0 Å². The third kappa shape index (κ3) is 1.98. The highest BCUT2D eigenvalue weighted by Gasteiger charge is 2.16. The minimum absolute atomic E-state index is 1.15. The Labute approximate surface area is 165 Å². The van der Waals surface area contributed by atoms with E-state index in [1.807, 2.05) is 0 Å². The molecule has 1 heteroatoms. The van der Waals surface area contributed by atoms with E-state index in [1.54, 1.807) is 0 Å². The van der Waals surface area contributed by atoms with Gasteiger partial charge in [-0.15, -0.1) is 0 Å². The smallest absolute Gasteiger partial charge is 0.0260 e. The van der Waals surface area contributed by atoms with Crippen molar-refractivity contribution in [1.29, 1.82) is 0 Å². The second-order valence-electron chi connectivity index (χ2n) is 7.05. The number of hydrogen-bond donors (Lipinski definition) is 0. The van der Waals surface area contributed by atoms with Gasteiger partial charge >= 0.3 is 0 Å². The van der Waals surface area contributed by atoms with Crippen LogP contribution in [-0.4, -0.2) is 0 Å². The molecule has 6 aromatic rings. The van der Waals surface area contributed by atoms with E-state index < -0.39 is 0 Å². The molecule has 0 aliphatic carbocycles. The SMILES string of the molecule is Brc1cccc2c3ccccc3c3c4ccccc4c4ccccc4c3c12. The van der Waals surface area contributed by atoms with Gasteiger partial charge in [-0.2, -0.15) is 0 Å². The van der Waals surface area contributed by atoms with Gasteiger partial charge in [-0.1, -0.05) is 101 Å². The van der Waals surface area contributed by atoms with Gasteiger partial charge in [0.2, 0.25) is 0 Å². The van der Waals surface area contributed by atoms with Crippen molar-refractivity contribution in [2.24, 2.45) is 0 Å². The summed E-state index contributed by atoms with van der Waals surface area (Å²) in [6, 6.07) is 32.9. The van der Waals surface area contributed by atoms with Crippen LogP contribution in [0.3, 0.4) is 0 Å². The predicted molar refractivity (Wildman–Crippen MR) is 122 cm³/mol. The topological polar surface area (TPSA) is 0 Å². The van der Waals surface area contributed by atoms with Crippen molar-refractivity contribution in [3.8, 4) is 0 Å². The lowest BCUT2D eigenvalue weighted by Gasteiger charge is -2.17. The molecule has 6 aromatic carbocycles. The highest BCUT2D eigenvalue weighted by atomic mass is 79.9. The number of rotatable bonds is 0. The van der Waals surface area contributed by atoms with E-state index in [1.165, 1.54) is 53.9 Å². The molecule has 0 saturated carbocycles. The Morgan fingerprint density at radius 3 is 1.26 bits per heavy atom. The largest absolute Gasteiger partial charge is 0.0616 e. The summed E-state index contributed by atoms with van der Waals surface area (Å²) in [5, 5.41) is 13.2. The van der Waals surface area contributed by atoms with Gasteiger partial charge < -0.3 is 0 Å². The molecule has 0 N–H and O–H groups in total. The van der Waals surface area contributed by atoms with Gasteiger partial charge in [0, 0.05) is 9.86 Å². The molecule has 0 fully saturated rings. The molecular formula is C26H15Br. The first kappa shape index (κ1) is 15.2. The fourth-order valence-corrected chi connectivity index (χ4v) is 5.18. The molecule has 0 unspecified atom stereocenters. The third-order valence-corrected chi connectivity index (χ3v) is 6.34. The second kappa shape index (κ2) is 5.55. The van der Waals surface area contributed by atoms with Gasteiger partial charge in [-0.3, -0.25) is 0 Å². The van der Waals surface area contributed by atoms with Crippen LogP contribution >= 0.6 is 15.9 Å². The predicted octanol–water partition coefficient (Wildman–Crippen LogP) is 8.22. The Morgan fingerprint density at radius 2 is 0.704 bits per heavy atom. The zero-order chi connectivity index (χ0) is 18.0. The Balaban J connectivity index is 2.15. The van der Waals surface area contributed by atoms with Crippen molar-refractivity contribution in [1.82, 2.24) is 0 Å². The van der Waals surface area contributed by atoms with Crippen molar-refractivity contribution in [2.45, 2.75) is 0 Å². The zero-order valence-electron chi connectivity index (χ0n) is 14.5. The summed E-state index contributed by atoms with van der Waals surface area (Å²) in [6.45, 7) is 0. The highest BCUT2D eigenvalue weighted by molar-refractivity contribution is 9.10. The highest BCUT2D eigenvalue weighted by Crippen LogP contribution is 2.45. The Morgan fingerprint density at radius 1 is 0.333 bits per heavy atom. The summed E-state index contributed by atoms with van der Waals surface area (Å²) >= 11 is 3.85. The van der Waals surface area contributed by atoms with Gasteiger partial charge in [0.1, 0.15) is 0 Å². The molecule has 6 rings (SSSR count). The average molecular weight is 407 g/mol. The third-order valence-electron chi connectivity index (χ3n) is 5.68. The van der Waals surface area contributed by atoms with Crippen LogP contribution in [0.4, 0.5) is 0 Å². The standard InChI is InChI=1S/C26H15Br/c27-23-15-7-14-21-18-10-3-5-12-20(18)24-19-11-4-1-8-16(19)17-9-2-6-13-22(17)26(24)25(21)23/h1-15H. The second-order valence-corrected chi connectivity index (χ2v) is 7.90. The maximum absolute atomic E-state index is 3.85. The molecule has 0 spiro atoms. The molecule has 126 valence electrons. The van der Waals surface area contributed by atoms with Gasteiger partial charge in [0.15, 0.2) is 0 Å². The lowest BCUT2D eigenvalue weighted by Crippen LogP contribution is -1.88. The number of benzene rings is 6. The van der Waals surface area contributed by atoms with E-state index >= 15 is 0 Å². The Hall–Kier alpha value is -2.90. The fourth-order valence-electron chi connectivity index (χ4n) is 4.62. The molecule has 0 aliphatic rings. The fraction of sp³-hybridized carbons (Fsp3) is 0. The summed E-state index contributed by atoms with van der Waals surface area (Å²) < 4.78 is 1.15. The summed E-state index contributed by atoms with van der Waals surface area (Å²) in [7, 11) is 0. The van der Waals surface area contributed by atoms with Crippen LogP contribution in [0, 0.1) is 0 Å². The van der Waals surface area contributed by atoms with Crippen LogP contribution in [-0.2, 0) is 0 Å². The normalized spacial score (nSPS) is 11.9. The lowest BCUT2D eigenvalue weighted by atomic mass is 9.87. The van der Waals surface area contributed by atoms with Gasteiger partial charge in [-0.05, 0) is 54.5 Å². The number of fused-ring (bicyclic) bond motifs is 11. The molecular weight excluding hydrogens is 392 g/mol. The average Bonchev–Trinajstić information content (AvgIpc) is 2.73. The quantitative estimate of drug-likeness (QED) is 0.223. The monoisotopic (exact) mass is 406 g/mol. The van der Waals surface area contributed by atoms with E-state index in [4.69, 9.17) is 0 Å². The van der Waals surface area contributed by atoms with E-state index in [9.17, 15) is 0 Å². The van der Waals surface area contributed by atoms with E-state index in [2.05, 4.69) is 107 Å². The molecule has 0 aliphatic heterocycles. The summed E-state index contributed by atoms with van der Waals surface area (Å²) in [4.78, 5) is 0. The Bertz CT molecular complexity index is 1510. The maximum Gasteiger partial charge on any atom is 0.0260 e. The zero-order valence-corrected chi connectivity index (χ0v) is 16.1. The van der Waals surface area contributed by atoms with Crippen molar-refractivity contribution >= 4 is 69.8 Å². The molecule has 0 nitrogen and oxygen atoms in total. The Kier molecular flexibility index (Phi) is 3.12. The van der Waals surface area contributed by atoms with Crippen molar-refractivity contribution in [3.05, 3.63) is 95.5 Å². The van der Waals surface area contributed by atoms with Gasteiger partial charge in [0.05, 0.1) is 0 Å². The first-order valence-corrected chi connectivity index (χ1v) is 9.96. The molecule has 0 heterocycles. The first-order valence-electron chi connectivity index (χ1n) is 9.17. The van der Waals surface area contributed by atoms with E-state index in [0.29, 0.717) is 0 Å². The van der Waals surface area contributed by atoms with Crippen LogP contribution < -0.4 is 0 Å². The van der Waals surface area contributed by atoms with E-state index in [0.717, 1.165) is 4.47 Å². The van der Waals surface area contributed by atoms with Crippen LogP contribution in [0.2, 0.25) is 0 Å². The summed E-state index contributed by atoms with van der Waals surface area (Å²) in [5.74, 6) is 0. The summed E-state index contributed by atoms with van der Waals surface area (Å²) in [6.07, 6.45) is 0. The molecule has 27 heavy (non-hydrogen) atoms. The molecule has 0 aromatic heterocycles. The molecule has 0 bridgehead atoms. The van der Waals surface area contributed by atoms with Crippen LogP contribution in [0.25, 0.3) is 53.9 Å². The van der Waals surface area contributed by atoms with Gasteiger partial charge in [0.25, 0.3) is 0 Å². The number of halogens is 1. The summed E-state index contributed by atoms with van der Waals surface area (Å²) in [5.41, 5.74) is 0. The van der Waals surface area contributed by atoms with Crippen molar-refractivity contribution < 1.29 is 0 Å². The minimum Gasteiger partial charge on any atom is -0.0616 e. The molecule has 0 saturated heterocycles.